The molecule has 0 N–H and O–H groups in total. The number of aromatic nitrogens is 2. The fraction of sp³-hybridized carbons (Fsp3) is 0.120. The molecule has 5 aromatic rings. The van der Waals surface area contributed by atoms with Gasteiger partial charge in [-0.1, -0.05) is 56.3 Å². The molecular weight excluding hydrogens is 344 g/mol. The van der Waals surface area contributed by atoms with Crippen molar-refractivity contribution in [3.8, 4) is 22.5 Å². The summed E-state index contributed by atoms with van der Waals surface area (Å²) in [6.07, 6.45) is 3.70. The predicted octanol–water partition coefficient (Wildman–Crippen LogP) is 6.83. The molecule has 0 fully saturated rings. The SMILES string of the molecule is CC(C)c1ccnc(-c2cccc3c2oc2cnc(-c4ccccc4)cc23)c1. The molecule has 3 heteroatoms. The highest BCUT2D eigenvalue weighted by atomic mass is 16.3. The molecule has 0 atom stereocenters. The van der Waals surface area contributed by atoms with Gasteiger partial charge in [-0.3, -0.25) is 9.97 Å². The minimum Gasteiger partial charge on any atom is -0.454 e. The molecule has 0 bridgehead atoms. The predicted molar refractivity (Wildman–Crippen MR) is 114 cm³/mol. The van der Waals surface area contributed by atoms with Crippen molar-refractivity contribution in [1.82, 2.24) is 9.97 Å². The normalized spacial score (nSPS) is 11.5. The molecule has 0 aliphatic carbocycles. The molecule has 0 saturated carbocycles. The van der Waals surface area contributed by atoms with Crippen LogP contribution in [0, 0.1) is 0 Å². The summed E-state index contributed by atoms with van der Waals surface area (Å²) in [6, 6.07) is 22.8. The number of rotatable bonds is 3. The molecule has 136 valence electrons. The Labute approximate surface area is 163 Å². The quantitative estimate of drug-likeness (QED) is 0.352. The number of furan rings is 1. The van der Waals surface area contributed by atoms with E-state index in [1.165, 1.54) is 5.56 Å². The molecule has 3 heterocycles. The lowest BCUT2D eigenvalue weighted by molar-refractivity contribution is 0.668. The highest BCUT2D eigenvalue weighted by Gasteiger charge is 2.15. The number of hydrogen-bond donors (Lipinski definition) is 0. The van der Waals surface area contributed by atoms with E-state index in [0.717, 1.165) is 44.5 Å². The van der Waals surface area contributed by atoms with Crippen molar-refractivity contribution in [3.63, 3.8) is 0 Å². The maximum Gasteiger partial charge on any atom is 0.153 e. The minimum atomic E-state index is 0.453. The van der Waals surface area contributed by atoms with Crippen LogP contribution >= 0.6 is 0 Å². The van der Waals surface area contributed by atoms with Crippen molar-refractivity contribution < 1.29 is 4.42 Å². The van der Waals surface area contributed by atoms with E-state index in [1.807, 2.05) is 30.6 Å². The number of benzene rings is 2. The van der Waals surface area contributed by atoms with Crippen LogP contribution < -0.4 is 0 Å². The van der Waals surface area contributed by atoms with Gasteiger partial charge in [0.2, 0.25) is 0 Å². The molecule has 3 aromatic heterocycles. The Hall–Kier alpha value is -3.46. The second-order valence-electron chi connectivity index (χ2n) is 7.35. The fourth-order valence-electron chi connectivity index (χ4n) is 3.63. The van der Waals surface area contributed by atoms with Crippen LogP contribution in [-0.2, 0) is 0 Å². The van der Waals surface area contributed by atoms with Crippen LogP contribution in [0.1, 0.15) is 25.3 Å². The van der Waals surface area contributed by atoms with Crippen LogP contribution in [0.2, 0.25) is 0 Å². The third-order valence-electron chi connectivity index (χ3n) is 5.18. The minimum absolute atomic E-state index is 0.453. The van der Waals surface area contributed by atoms with Crippen LogP contribution in [0.4, 0.5) is 0 Å². The molecule has 28 heavy (non-hydrogen) atoms. The van der Waals surface area contributed by atoms with Crippen LogP contribution in [0.5, 0.6) is 0 Å². The topological polar surface area (TPSA) is 38.9 Å². The van der Waals surface area contributed by atoms with Gasteiger partial charge < -0.3 is 4.42 Å². The zero-order valence-corrected chi connectivity index (χ0v) is 15.9. The lowest BCUT2D eigenvalue weighted by Crippen LogP contribution is -1.90. The van der Waals surface area contributed by atoms with Crippen LogP contribution in [0.3, 0.4) is 0 Å². The lowest BCUT2D eigenvalue weighted by atomic mass is 10.0. The van der Waals surface area contributed by atoms with E-state index in [4.69, 9.17) is 4.42 Å². The standard InChI is InChI=1S/C25H20N2O/c1-16(2)18-11-12-26-23(13-18)20-10-6-9-19-21-14-22(17-7-4-3-5-8-17)27-15-24(21)28-25(19)20/h3-16H,1-2H3. The number of fused-ring (bicyclic) bond motifs is 3. The Morgan fingerprint density at radius 2 is 1.64 bits per heavy atom. The van der Waals surface area contributed by atoms with Gasteiger partial charge in [0.15, 0.2) is 5.58 Å². The zero-order valence-electron chi connectivity index (χ0n) is 15.9. The van der Waals surface area contributed by atoms with Gasteiger partial charge in [0, 0.05) is 28.1 Å². The third kappa shape index (κ3) is 2.76. The van der Waals surface area contributed by atoms with Crippen molar-refractivity contribution in [2.75, 3.05) is 0 Å². The molecule has 0 aliphatic rings. The summed E-state index contributed by atoms with van der Waals surface area (Å²) in [4.78, 5) is 9.20. The fourth-order valence-corrected chi connectivity index (χ4v) is 3.63. The van der Waals surface area contributed by atoms with Gasteiger partial charge in [0.1, 0.15) is 5.58 Å². The van der Waals surface area contributed by atoms with Gasteiger partial charge in [0.05, 0.1) is 17.6 Å². The monoisotopic (exact) mass is 364 g/mol. The maximum atomic E-state index is 6.23. The average molecular weight is 364 g/mol. The summed E-state index contributed by atoms with van der Waals surface area (Å²) < 4.78 is 6.23. The van der Waals surface area contributed by atoms with Gasteiger partial charge in [-0.05, 0) is 35.7 Å². The summed E-state index contributed by atoms with van der Waals surface area (Å²) in [5.41, 5.74) is 6.91. The van der Waals surface area contributed by atoms with E-state index in [2.05, 4.69) is 72.3 Å². The Balaban J connectivity index is 1.72. The van der Waals surface area contributed by atoms with Crippen LogP contribution in [0.25, 0.3) is 44.5 Å². The third-order valence-corrected chi connectivity index (χ3v) is 5.18. The first kappa shape index (κ1) is 16.7. The molecule has 0 spiro atoms. The molecule has 0 amide bonds. The highest BCUT2D eigenvalue weighted by Crippen LogP contribution is 2.36. The summed E-state index contributed by atoms with van der Waals surface area (Å²) >= 11 is 0. The first-order valence-corrected chi connectivity index (χ1v) is 9.54. The maximum absolute atomic E-state index is 6.23. The van der Waals surface area contributed by atoms with Gasteiger partial charge in [-0.25, -0.2) is 0 Å². The number of pyridine rings is 2. The van der Waals surface area contributed by atoms with E-state index in [9.17, 15) is 0 Å². The summed E-state index contributed by atoms with van der Waals surface area (Å²) in [5, 5.41) is 2.16. The van der Waals surface area contributed by atoms with E-state index < -0.39 is 0 Å². The Kier molecular flexibility index (Phi) is 3.94. The van der Waals surface area contributed by atoms with Crippen LogP contribution in [-0.4, -0.2) is 9.97 Å². The molecule has 3 nitrogen and oxygen atoms in total. The number of nitrogens with zero attached hydrogens (tertiary/aromatic N) is 2. The van der Waals surface area contributed by atoms with Gasteiger partial charge in [-0.15, -0.1) is 0 Å². The second kappa shape index (κ2) is 6.61. The van der Waals surface area contributed by atoms with E-state index in [1.54, 1.807) is 0 Å². The molecule has 2 aromatic carbocycles. The summed E-state index contributed by atoms with van der Waals surface area (Å²) in [6.45, 7) is 4.38. The average Bonchev–Trinajstić information content (AvgIpc) is 3.12. The lowest BCUT2D eigenvalue weighted by Gasteiger charge is -2.07. The molecule has 0 saturated heterocycles. The molecule has 0 aliphatic heterocycles. The summed E-state index contributed by atoms with van der Waals surface area (Å²) in [5.74, 6) is 0.453. The van der Waals surface area contributed by atoms with Gasteiger partial charge >= 0.3 is 0 Å². The van der Waals surface area contributed by atoms with Gasteiger partial charge in [0.25, 0.3) is 0 Å². The molecule has 0 radical (unpaired) electrons. The van der Waals surface area contributed by atoms with Crippen molar-refractivity contribution >= 4 is 21.9 Å². The van der Waals surface area contributed by atoms with E-state index in [-0.39, 0.29) is 0 Å². The van der Waals surface area contributed by atoms with Crippen molar-refractivity contribution in [2.24, 2.45) is 0 Å². The van der Waals surface area contributed by atoms with E-state index in [0.29, 0.717) is 5.92 Å². The second-order valence-corrected chi connectivity index (χ2v) is 7.35. The van der Waals surface area contributed by atoms with Crippen LogP contribution in [0.15, 0.2) is 83.5 Å². The first-order chi connectivity index (χ1) is 13.7. The summed E-state index contributed by atoms with van der Waals surface area (Å²) in [7, 11) is 0. The molecular formula is C25H20N2O. The van der Waals surface area contributed by atoms with E-state index >= 15 is 0 Å². The first-order valence-electron chi connectivity index (χ1n) is 9.54. The van der Waals surface area contributed by atoms with Crippen molar-refractivity contribution in [2.45, 2.75) is 19.8 Å². The molecule has 0 unspecified atom stereocenters. The smallest absolute Gasteiger partial charge is 0.153 e. The Bertz CT molecular complexity index is 1290. The highest BCUT2D eigenvalue weighted by molar-refractivity contribution is 6.09. The number of hydrogen-bond acceptors (Lipinski definition) is 3. The zero-order chi connectivity index (χ0) is 19.1. The number of para-hydroxylation sites is 1. The van der Waals surface area contributed by atoms with Gasteiger partial charge in [-0.2, -0.15) is 0 Å². The van der Waals surface area contributed by atoms with Crippen molar-refractivity contribution in [1.29, 1.82) is 0 Å². The van der Waals surface area contributed by atoms with Crippen molar-refractivity contribution in [3.05, 3.63) is 84.7 Å². The largest absolute Gasteiger partial charge is 0.454 e. The molecule has 5 rings (SSSR count). The Morgan fingerprint density at radius 1 is 0.786 bits per heavy atom. The Morgan fingerprint density at radius 3 is 2.46 bits per heavy atom.